The Kier molecular flexibility index (Phi) is 7.38. The number of methoxy groups -OCH3 is 1. The van der Waals surface area contributed by atoms with E-state index in [2.05, 4.69) is 95.9 Å². The van der Waals surface area contributed by atoms with Gasteiger partial charge in [-0.3, -0.25) is 4.98 Å². The molecule has 0 bridgehead atoms. The second kappa shape index (κ2) is 10.9. The Morgan fingerprint density at radius 3 is 2.24 bits per heavy atom. The van der Waals surface area contributed by atoms with E-state index in [-0.39, 0.29) is 12.1 Å². The topological polar surface area (TPSA) is 45.6 Å². The average Bonchev–Trinajstić information content (AvgIpc) is 3.45. The number of aromatic nitrogens is 2. The number of nitrogens with zero attached hydrogens (tertiary/aromatic N) is 4. The minimum absolute atomic E-state index is 0.0688. The van der Waals surface area contributed by atoms with Crippen molar-refractivity contribution < 1.29 is 4.74 Å². The number of thiocarbonyl (C=S) groups is 1. The van der Waals surface area contributed by atoms with Crippen LogP contribution in [0.15, 0.2) is 79.0 Å². The summed E-state index contributed by atoms with van der Waals surface area (Å²) >= 11 is 5.92. The van der Waals surface area contributed by atoms with Crippen molar-refractivity contribution in [2.24, 2.45) is 0 Å². The molecule has 0 unspecified atom stereocenters. The van der Waals surface area contributed by atoms with E-state index in [1.54, 1.807) is 7.11 Å². The van der Waals surface area contributed by atoms with Crippen LogP contribution in [0.25, 0.3) is 5.69 Å². The Hall–Kier alpha value is -3.84. The molecule has 1 fully saturated rings. The molecule has 7 heteroatoms. The maximum atomic E-state index is 5.92. The standard InChI is InChI=1S/C31H35N5OS/c1-6-34(7-2)23-11-13-24(14-12-23)35-21(3)20-27(22(35)4)30-29(28-10-8-9-19-32-28)33-31(38)36(30)25-15-17-26(37-5)18-16-25/h8-20,29-30H,6-7H2,1-5H3,(H,33,38)/t29-,30-/m0/s1. The molecule has 0 radical (unpaired) electrons. The van der Waals surface area contributed by atoms with Gasteiger partial charge in [-0.2, -0.15) is 0 Å². The quantitative estimate of drug-likeness (QED) is 0.264. The van der Waals surface area contributed by atoms with E-state index >= 15 is 0 Å². The molecule has 0 aliphatic carbocycles. The zero-order valence-corrected chi connectivity index (χ0v) is 23.5. The Bertz CT molecular complexity index is 1390. The van der Waals surface area contributed by atoms with Gasteiger partial charge in [-0.25, -0.2) is 0 Å². The normalized spacial score (nSPS) is 17.0. The highest BCUT2D eigenvalue weighted by Crippen LogP contribution is 2.44. The molecule has 6 nitrogen and oxygen atoms in total. The van der Waals surface area contributed by atoms with Gasteiger partial charge >= 0.3 is 0 Å². The van der Waals surface area contributed by atoms with Crippen molar-refractivity contribution in [1.29, 1.82) is 0 Å². The van der Waals surface area contributed by atoms with Crippen molar-refractivity contribution in [3.8, 4) is 11.4 Å². The van der Waals surface area contributed by atoms with E-state index in [1.807, 2.05) is 30.5 Å². The maximum Gasteiger partial charge on any atom is 0.174 e. The molecule has 1 aliphatic rings. The summed E-state index contributed by atoms with van der Waals surface area (Å²) in [6.07, 6.45) is 1.84. The number of anilines is 2. The summed E-state index contributed by atoms with van der Waals surface area (Å²) in [5.74, 6) is 0.816. The Morgan fingerprint density at radius 2 is 1.63 bits per heavy atom. The minimum atomic E-state index is -0.0928. The number of ether oxygens (including phenoxy) is 1. The van der Waals surface area contributed by atoms with Crippen LogP contribution >= 0.6 is 12.2 Å². The number of pyridine rings is 1. The number of rotatable bonds is 8. The highest BCUT2D eigenvalue weighted by molar-refractivity contribution is 7.80. The largest absolute Gasteiger partial charge is 0.497 e. The monoisotopic (exact) mass is 525 g/mol. The average molecular weight is 526 g/mol. The first-order valence-corrected chi connectivity index (χ1v) is 13.6. The molecule has 1 saturated heterocycles. The van der Waals surface area contributed by atoms with Crippen LogP contribution in [0.1, 0.15) is 48.6 Å². The predicted molar refractivity (Wildman–Crippen MR) is 160 cm³/mol. The molecule has 38 heavy (non-hydrogen) atoms. The molecular weight excluding hydrogens is 490 g/mol. The highest BCUT2D eigenvalue weighted by atomic mass is 32.1. The number of benzene rings is 2. The first-order chi connectivity index (χ1) is 18.5. The third-order valence-electron chi connectivity index (χ3n) is 7.47. The predicted octanol–water partition coefficient (Wildman–Crippen LogP) is 6.52. The summed E-state index contributed by atoms with van der Waals surface area (Å²) in [6.45, 7) is 10.7. The lowest BCUT2D eigenvalue weighted by Crippen LogP contribution is -2.29. The number of aryl methyl sites for hydroxylation is 1. The van der Waals surface area contributed by atoms with Crippen LogP contribution in [0.2, 0.25) is 0 Å². The molecule has 0 saturated carbocycles. The van der Waals surface area contributed by atoms with Crippen molar-refractivity contribution in [1.82, 2.24) is 14.9 Å². The number of nitrogens with one attached hydrogen (secondary N) is 1. The summed E-state index contributed by atoms with van der Waals surface area (Å²) in [5, 5.41) is 4.26. The lowest BCUT2D eigenvalue weighted by Gasteiger charge is -2.28. The van der Waals surface area contributed by atoms with Gasteiger partial charge < -0.3 is 24.4 Å². The second-order valence-corrected chi connectivity index (χ2v) is 9.93. The molecule has 3 heterocycles. The van der Waals surface area contributed by atoms with E-state index in [1.165, 1.54) is 22.6 Å². The molecule has 1 N–H and O–H groups in total. The third kappa shape index (κ3) is 4.63. The zero-order chi connectivity index (χ0) is 26.8. The van der Waals surface area contributed by atoms with Crippen LogP contribution in [-0.2, 0) is 0 Å². The van der Waals surface area contributed by atoms with Gasteiger partial charge in [0, 0.05) is 47.7 Å². The first kappa shape index (κ1) is 25.8. The minimum Gasteiger partial charge on any atom is -0.497 e. The van der Waals surface area contributed by atoms with E-state index in [0.29, 0.717) is 5.11 Å². The van der Waals surface area contributed by atoms with Crippen molar-refractivity contribution in [2.45, 2.75) is 39.8 Å². The summed E-state index contributed by atoms with van der Waals surface area (Å²) in [5.41, 5.74) is 7.96. The highest BCUT2D eigenvalue weighted by Gasteiger charge is 2.42. The summed E-state index contributed by atoms with van der Waals surface area (Å²) < 4.78 is 7.74. The van der Waals surface area contributed by atoms with Gasteiger partial charge in [0.2, 0.25) is 0 Å². The van der Waals surface area contributed by atoms with Crippen molar-refractivity contribution in [3.63, 3.8) is 0 Å². The van der Waals surface area contributed by atoms with Gasteiger partial charge in [0.1, 0.15) is 5.75 Å². The van der Waals surface area contributed by atoms with Gasteiger partial charge in [-0.05, 0) is 112 Å². The van der Waals surface area contributed by atoms with E-state index in [0.717, 1.165) is 35.9 Å². The van der Waals surface area contributed by atoms with Crippen LogP contribution < -0.4 is 19.9 Å². The van der Waals surface area contributed by atoms with Gasteiger partial charge in [-0.1, -0.05) is 6.07 Å². The molecule has 0 spiro atoms. The van der Waals surface area contributed by atoms with Crippen LogP contribution in [0.5, 0.6) is 5.75 Å². The van der Waals surface area contributed by atoms with Crippen LogP contribution in [0.3, 0.4) is 0 Å². The summed E-state index contributed by atoms with van der Waals surface area (Å²) in [6, 6.07) is 25.1. The van der Waals surface area contributed by atoms with Crippen LogP contribution in [0, 0.1) is 13.8 Å². The van der Waals surface area contributed by atoms with Crippen molar-refractivity contribution in [3.05, 3.63) is 102 Å². The third-order valence-corrected chi connectivity index (χ3v) is 7.79. The molecule has 5 rings (SSSR count). The zero-order valence-electron chi connectivity index (χ0n) is 22.7. The lowest BCUT2D eigenvalue weighted by atomic mass is 9.96. The number of hydrogen-bond acceptors (Lipinski definition) is 4. The molecule has 0 amide bonds. The summed E-state index contributed by atoms with van der Waals surface area (Å²) in [7, 11) is 1.68. The molecule has 2 aromatic heterocycles. The van der Waals surface area contributed by atoms with Gasteiger partial charge in [0.25, 0.3) is 0 Å². The second-order valence-electron chi connectivity index (χ2n) is 9.55. The molecule has 4 aromatic rings. The van der Waals surface area contributed by atoms with Crippen LogP contribution in [-0.4, -0.2) is 34.9 Å². The Balaban J connectivity index is 1.60. The molecule has 2 atom stereocenters. The van der Waals surface area contributed by atoms with E-state index in [4.69, 9.17) is 21.9 Å². The molecule has 196 valence electrons. The summed E-state index contributed by atoms with van der Waals surface area (Å²) in [4.78, 5) is 9.28. The van der Waals surface area contributed by atoms with Gasteiger partial charge in [0.15, 0.2) is 5.11 Å². The number of hydrogen-bond donors (Lipinski definition) is 1. The van der Waals surface area contributed by atoms with Gasteiger partial charge in [-0.15, -0.1) is 0 Å². The SMILES string of the molecule is CCN(CC)c1ccc(-n2c(C)cc([C@H]3[C@H](c4ccccn4)NC(=S)N3c3ccc(OC)cc3)c2C)cc1. The van der Waals surface area contributed by atoms with Crippen LogP contribution in [0.4, 0.5) is 11.4 Å². The first-order valence-electron chi connectivity index (χ1n) is 13.2. The van der Waals surface area contributed by atoms with E-state index in [9.17, 15) is 0 Å². The molecular formula is C31H35N5OS. The smallest absolute Gasteiger partial charge is 0.174 e. The molecule has 2 aromatic carbocycles. The van der Waals surface area contributed by atoms with Gasteiger partial charge in [0.05, 0.1) is 24.9 Å². The maximum absolute atomic E-state index is 5.92. The fourth-order valence-electron chi connectivity index (χ4n) is 5.58. The Labute approximate surface area is 230 Å². The lowest BCUT2D eigenvalue weighted by molar-refractivity contribution is 0.415. The van der Waals surface area contributed by atoms with Crippen molar-refractivity contribution in [2.75, 3.05) is 30.0 Å². The fourth-order valence-corrected chi connectivity index (χ4v) is 5.92. The van der Waals surface area contributed by atoms with E-state index < -0.39 is 0 Å². The Morgan fingerprint density at radius 1 is 0.947 bits per heavy atom. The fraction of sp³-hybridized carbons (Fsp3) is 0.290. The van der Waals surface area contributed by atoms with Crippen molar-refractivity contribution >= 4 is 28.7 Å². The molecule has 1 aliphatic heterocycles.